The monoisotopic (exact) mass is 320 g/mol. The van der Waals surface area contributed by atoms with E-state index in [9.17, 15) is 9.90 Å². The van der Waals surface area contributed by atoms with E-state index in [4.69, 9.17) is 15.0 Å². The summed E-state index contributed by atoms with van der Waals surface area (Å²) in [5.74, 6) is 0. The fraction of sp³-hybridized carbons (Fsp3) is 0.533. The molecule has 1 heterocycles. The highest BCUT2D eigenvalue weighted by Gasteiger charge is 2.25. The molecule has 2 N–H and O–H groups in total. The topological polar surface area (TPSA) is 117 Å². The van der Waals surface area contributed by atoms with E-state index in [2.05, 4.69) is 15.3 Å². The average Bonchev–Trinajstić information content (AvgIpc) is 3.05. The first-order chi connectivity index (χ1) is 11.2. The number of azide groups is 1. The summed E-state index contributed by atoms with van der Waals surface area (Å²) in [6.07, 6.45) is -0.807. The van der Waals surface area contributed by atoms with Gasteiger partial charge in [0.2, 0.25) is 0 Å². The Hall–Kier alpha value is -2.28. The zero-order valence-corrected chi connectivity index (χ0v) is 12.7. The highest BCUT2D eigenvalue weighted by Crippen LogP contribution is 2.10. The van der Waals surface area contributed by atoms with Crippen molar-refractivity contribution in [1.29, 1.82) is 0 Å². The standard InChI is InChI=1S/C15H20N4O4/c16-19-17-9-14(20)13(8-11-4-2-1-3-5-11)18-15(21)23-12-6-7-22-10-12/h1-5,12-14,20H,6-10H2,(H,18,21)/t12?,13-,14?/m0/s1. The van der Waals surface area contributed by atoms with Crippen LogP contribution in [-0.4, -0.2) is 49.2 Å². The SMILES string of the molecule is [N-]=[N+]=NCC(O)[C@H](Cc1ccccc1)NC(=O)OC1CCOC1. The van der Waals surface area contributed by atoms with Gasteiger partial charge in [0, 0.05) is 11.3 Å². The van der Waals surface area contributed by atoms with Gasteiger partial charge in [-0.2, -0.15) is 0 Å². The third kappa shape index (κ3) is 5.78. The first kappa shape index (κ1) is 17.1. The maximum Gasteiger partial charge on any atom is 0.407 e. The van der Waals surface area contributed by atoms with Crippen LogP contribution in [0.2, 0.25) is 0 Å². The molecule has 1 fully saturated rings. The fourth-order valence-electron chi connectivity index (χ4n) is 2.34. The molecule has 3 atom stereocenters. The molecule has 0 saturated carbocycles. The van der Waals surface area contributed by atoms with Gasteiger partial charge in [0.1, 0.15) is 6.10 Å². The number of carbonyl (C=O) groups is 1. The first-order valence-corrected chi connectivity index (χ1v) is 7.46. The Morgan fingerprint density at radius 3 is 2.96 bits per heavy atom. The first-order valence-electron chi connectivity index (χ1n) is 7.46. The molecule has 1 aromatic carbocycles. The number of carbonyl (C=O) groups excluding carboxylic acids is 1. The van der Waals surface area contributed by atoms with E-state index in [-0.39, 0.29) is 12.6 Å². The highest BCUT2D eigenvalue weighted by atomic mass is 16.6. The van der Waals surface area contributed by atoms with Crippen molar-refractivity contribution in [2.75, 3.05) is 19.8 Å². The number of hydrogen-bond acceptors (Lipinski definition) is 5. The number of amides is 1. The molecule has 0 radical (unpaired) electrons. The van der Waals surface area contributed by atoms with Gasteiger partial charge in [0.25, 0.3) is 0 Å². The summed E-state index contributed by atoms with van der Waals surface area (Å²) in [5, 5.41) is 16.2. The van der Waals surface area contributed by atoms with Gasteiger partial charge in [-0.3, -0.25) is 0 Å². The summed E-state index contributed by atoms with van der Waals surface area (Å²) in [5.41, 5.74) is 9.33. The van der Waals surface area contributed by atoms with Crippen molar-refractivity contribution >= 4 is 6.09 Å². The lowest BCUT2D eigenvalue weighted by molar-refractivity contribution is 0.0704. The fourth-order valence-corrected chi connectivity index (χ4v) is 2.34. The second-order valence-electron chi connectivity index (χ2n) is 5.31. The predicted molar refractivity (Wildman–Crippen MR) is 82.8 cm³/mol. The Labute approximate surface area is 134 Å². The van der Waals surface area contributed by atoms with Crippen LogP contribution in [0.3, 0.4) is 0 Å². The van der Waals surface area contributed by atoms with Crippen molar-refractivity contribution in [2.24, 2.45) is 5.11 Å². The van der Waals surface area contributed by atoms with E-state index < -0.39 is 18.2 Å². The number of ether oxygens (including phenoxy) is 2. The third-order valence-corrected chi connectivity index (χ3v) is 3.56. The van der Waals surface area contributed by atoms with Gasteiger partial charge < -0.3 is 19.9 Å². The number of aliphatic hydroxyl groups is 1. The van der Waals surface area contributed by atoms with Crippen molar-refractivity contribution in [1.82, 2.24) is 5.32 Å². The summed E-state index contributed by atoms with van der Waals surface area (Å²) in [4.78, 5) is 14.6. The number of aliphatic hydroxyl groups excluding tert-OH is 1. The molecular weight excluding hydrogens is 300 g/mol. The van der Waals surface area contributed by atoms with E-state index in [0.29, 0.717) is 26.1 Å². The zero-order chi connectivity index (χ0) is 16.5. The Bertz CT molecular complexity index is 542. The van der Waals surface area contributed by atoms with Crippen LogP contribution in [0.15, 0.2) is 35.4 Å². The molecule has 0 spiro atoms. The lowest BCUT2D eigenvalue weighted by Crippen LogP contribution is -2.47. The number of nitrogens with one attached hydrogen (secondary N) is 1. The van der Waals surface area contributed by atoms with Crippen molar-refractivity contribution in [3.8, 4) is 0 Å². The van der Waals surface area contributed by atoms with Crippen LogP contribution < -0.4 is 5.32 Å². The van der Waals surface area contributed by atoms with Crippen LogP contribution in [0.25, 0.3) is 10.4 Å². The van der Waals surface area contributed by atoms with E-state index >= 15 is 0 Å². The molecule has 1 saturated heterocycles. The van der Waals surface area contributed by atoms with Gasteiger partial charge in [-0.05, 0) is 17.5 Å². The second-order valence-corrected chi connectivity index (χ2v) is 5.31. The second kappa shape index (κ2) is 8.99. The Kier molecular flexibility index (Phi) is 6.68. The molecule has 0 bridgehead atoms. The van der Waals surface area contributed by atoms with E-state index in [1.165, 1.54) is 0 Å². The molecule has 2 unspecified atom stereocenters. The maximum absolute atomic E-state index is 12.0. The minimum absolute atomic E-state index is 0.124. The molecule has 0 aromatic heterocycles. The minimum Gasteiger partial charge on any atom is -0.444 e. The van der Waals surface area contributed by atoms with Crippen molar-refractivity contribution < 1.29 is 19.4 Å². The Morgan fingerprint density at radius 2 is 2.30 bits per heavy atom. The van der Waals surface area contributed by atoms with E-state index in [1.54, 1.807) is 0 Å². The van der Waals surface area contributed by atoms with Gasteiger partial charge >= 0.3 is 6.09 Å². The van der Waals surface area contributed by atoms with Crippen LogP contribution in [-0.2, 0) is 15.9 Å². The molecule has 8 nitrogen and oxygen atoms in total. The smallest absolute Gasteiger partial charge is 0.407 e. The largest absolute Gasteiger partial charge is 0.444 e. The molecule has 0 aliphatic carbocycles. The third-order valence-electron chi connectivity index (χ3n) is 3.56. The quantitative estimate of drug-likeness (QED) is 0.452. The summed E-state index contributed by atoms with van der Waals surface area (Å²) in [6.45, 7) is 0.837. The number of rotatable bonds is 7. The lowest BCUT2D eigenvalue weighted by atomic mass is 10.0. The zero-order valence-electron chi connectivity index (χ0n) is 12.7. The van der Waals surface area contributed by atoms with Gasteiger partial charge in [-0.15, -0.1) is 0 Å². The molecule has 8 heteroatoms. The number of benzene rings is 1. The summed E-state index contributed by atoms with van der Waals surface area (Å²) in [6, 6.07) is 8.81. The van der Waals surface area contributed by atoms with Crippen LogP contribution in [0, 0.1) is 0 Å². The molecule has 124 valence electrons. The van der Waals surface area contributed by atoms with E-state index in [1.807, 2.05) is 30.3 Å². The molecular formula is C15H20N4O4. The maximum atomic E-state index is 12.0. The van der Waals surface area contributed by atoms with Crippen LogP contribution in [0.4, 0.5) is 4.79 Å². The van der Waals surface area contributed by atoms with Crippen LogP contribution in [0.5, 0.6) is 0 Å². The Balaban J connectivity index is 1.96. The summed E-state index contributed by atoms with van der Waals surface area (Å²) in [7, 11) is 0. The highest BCUT2D eigenvalue weighted by molar-refractivity contribution is 5.68. The van der Waals surface area contributed by atoms with E-state index in [0.717, 1.165) is 5.56 Å². The van der Waals surface area contributed by atoms with Crippen molar-refractivity contribution in [3.05, 3.63) is 46.3 Å². The average molecular weight is 320 g/mol. The van der Waals surface area contributed by atoms with Crippen LogP contribution in [0.1, 0.15) is 12.0 Å². The number of nitrogens with zero attached hydrogens (tertiary/aromatic N) is 3. The number of alkyl carbamates (subject to hydrolysis) is 1. The molecule has 1 aromatic rings. The number of hydrogen-bond donors (Lipinski definition) is 2. The molecule has 23 heavy (non-hydrogen) atoms. The van der Waals surface area contributed by atoms with Crippen LogP contribution >= 0.6 is 0 Å². The van der Waals surface area contributed by atoms with Gasteiger partial charge in [0.15, 0.2) is 0 Å². The van der Waals surface area contributed by atoms with Gasteiger partial charge in [0.05, 0.1) is 31.9 Å². The van der Waals surface area contributed by atoms with Crippen molar-refractivity contribution in [3.63, 3.8) is 0 Å². The normalized spacial score (nSPS) is 19.4. The summed E-state index contributed by atoms with van der Waals surface area (Å²) >= 11 is 0. The molecule has 2 rings (SSSR count). The Morgan fingerprint density at radius 1 is 1.52 bits per heavy atom. The molecule has 1 aliphatic rings. The van der Waals surface area contributed by atoms with Gasteiger partial charge in [-0.25, -0.2) is 4.79 Å². The predicted octanol–water partition coefficient (Wildman–Crippen LogP) is 1.78. The minimum atomic E-state index is -1.00. The molecule has 1 aliphatic heterocycles. The molecule has 1 amide bonds. The van der Waals surface area contributed by atoms with Crippen molar-refractivity contribution in [2.45, 2.75) is 31.1 Å². The van der Waals surface area contributed by atoms with Gasteiger partial charge in [-0.1, -0.05) is 35.4 Å². The lowest BCUT2D eigenvalue weighted by Gasteiger charge is -2.23. The summed E-state index contributed by atoms with van der Waals surface area (Å²) < 4.78 is 10.4.